The van der Waals surface area contributed by atoms with Crippen LogP contribution in [0.2, 0.25) is 0 Å². The van der Waals surface area contributed by atoms with Crippen LogP contribution in [0.25, 0.3) is 0 Å². The van der Waals surface area contributed by atoms with Crippen LogP contribution in [0.4, 0.5) is 8.78 Å². The van der Waals surface area contributed by atoms with Crippen LogP contribution in [0.3, 0.4) is 0 Å². The maximum Gasteiger partial charge on any atom is 0.268 e. The Labute approximate surface area is 117 Å². The predicted molar refractivity (Wildman–Crippen MR) is 79.7 cm³/mol. The van der Waals surface area contributed by atoms with Gasteiger partial charge >= 0.3 is 0 Å². The van der Waals surface area contributed by atoms with E-state index in [0.717, 1.165) is 19.0 Å². The van der Waals surface area contributed by atoms with E-state index in [1.165, 1.54) is 0 Å². The van der Waals surface area contributed by atoms with Crippen molar-refractivity contribution >= 4 is 0 Å². The van der Waals surface area contributed by atoms with Crippen molar-refractivity contribution in [1.82, 2.24) is 5.32 Å². The molecule has 0 rings (SSSR count). The van der Waals surface area contributed by atoms with Crippen molar-refractivity contribution in [2.24, 2.45) is 11.3 Å². The van der Waals surface area contributed by atoms with Gasteiger partial charge in [-0.15, -0.1) is 0 Å². The highest BCUT2D eigenvalue weighted by Crippen LogP contribution is 2.27. The molecule has 0 aliphatic carbocycles. The minimum absolute atomic E-state index is 0.0950. The number of allylic oxidation sites excluding steroid dienone is 2. The van der Waals surface area contributed by atoms with E-state index in [9.17, 15) is 8.78 Å². The number of alkyl halides is 2. The SMILES string of the molecule is CC(C)C(F)(F)C=CCCC(C)(C)CNC(C)(C)C. The van der Waals surface area contributed by atoms with Crippen molar-refractivity contribution < 1.29 is 8.78 Å². The molecule has 0 aliphatic heterocycles. The Hall–Kier alpha value is -0.440. The summed E-state index contributed by atoms with van der Waals surface area (Å²) in [5.74, 6) is -3.33. The van der Waals surface area contributed by atoms with Crippen LogP contribution >= 0.6 is 0 Å². The van der Waals surface area contributed by atoms with Crippen LogP contribution in [-0.2, 0) is 0 Å². The highest BCUT2D eigenvalue weighted by atomic mass is 19.3. The number of nitrogens with one attached hydrogen (secondary N) is 1. The lowest BCUT2D eigenvalue weighted by atomic mass is 9.86. The Bertz CT molecular complexity index is 286. The largest absolute Gasteiger partial charge is 0.312 e. The number of hydrogen-bond donors (Lipinski definition) is 1. The van der Waals surface area contributed by atoms with Crippen molar-refractivity contribution in [1.29, 1.82) is 0 Å². The molecule has 0 amide bonds. The Morgan fingerprint density at radius 3 is 2.00 bits per heavy atom. The smallest absolute Gasteiger partial charge is 0.268 e. The lowest BCUT2D eigenvalue weighted by molar-refractivity contribution is 0.00597. The van der Waals surface area contributed by atoms with Crippen LogP contribution in [0.15, 0.2) is 12.2 Å². The molecule has 0 aromatic rings. The van der Waals surface area contributed by atoms with Crippen molar-refractivity contribution in [2.45, 2.75) is 72.8 Å². The molecule has 1 nitrogen and oxygen atoms in total. The third-order valence-corrected chi connectivity index (χ3v) is 3.19. The number of rotatable bonds is 7. The minimum atomic E-state index is -2.69. The van der Waals surface area contributed by atoms with Gasteiger partial charge in [0, 0.05) is 18.0 Å². The van der Waals surface area contributed by atoms with Crippen molar-refractivity contribution in [3.8, 4) is 0 Å². The van der Waals surface area contributed by atoms with Crippen molar-refractivity contribution in [3.05, 3.63) is 12.2 Å². The molecule has 0 radical (unpaired) electrons. The van der Waals surface area contributed by atoms with Gasteiger partial charge in [0.05, 0.1) is 0 Å². The lowest BCUT2D eigenvalue weighted by Crippen LogP contribution is -2.41. The van der Waals surface area contributed by atoms with E-state index in [-0.39, 0.29) is 11.0 Å². The molecule has 0 heterocycles. The van der Waals surface area contributed by atoms with Gasteiger partial charge in [-0.1, -0.05) is 33.8 Å². The van der Waals surface area contributed by atoms with E-state index in [1.54, 1.807) is 19.9 Å². The average Bonchev–Trinajstić information content (AvgIpc) is 2.21. The summed E-state index contributed by atoms with van der Waals surface area (Å²) in [6.45, 7) is 14.7. The number of halogens is 2. The molecule has 114 valence electrons. The summed E-state index contributed by atoms with van der Waals surface area (Å²) in [4.78, 5) is 0. The minimum Gasteiger partial charge on any atom is -0.312 e. The van der Waals surface area contributed by atoms with Crippen molar-refractivity contribution in [2.75, 3.05) is 6.54 Å². The van der Waals surface area contributed by atoms with Gasteiger partial charge in [-0.25, -0.2) is 8.78 Å². The molecule has 0 bridgehead atoms. The predicted octanol–water partition coefficient (Wildman–Crippen LogP) is 5.03. The van der Waals surface area contributed by atoms with Gasteiger partial charge in [-0.3, -0.25) is 0 Å². The van der Waals surface area contributed by atoms with E-state index in [1.807, 2.05) is 0 Å². The summed E-state index contributed by atoms with van der Waals surface area (Å²) in [6.07, 6.45) is 4.28. The highest BCUT2D eigenvalue weighted by molar-refractivity contribution is 4.97. The molecule has 19 heavy (non-hydrogen) atoms. The van der Waals surface area contributed by atoms with Gasteiger partial charge in [0.1, 0.15) is 0 Å². The molecule has 0 aromatic carbocycles. The van der Waals surface area contributed by atoms with Gasteiger partial charge in [0.15, 0.2) is 0 Å². The standard InChI is InChI=1S/C16H31F2N/c1-13(2)16(17,18)11-9-8-10-15(6,7)12-19-14(3,4)5/h9,11,13,19H,8,10,12H2,1-7H3. The summed E-state index contributed by atoms with van der Waals surface area (Å²) in [7, 11) is 0. The van der Waals surface area contributed by atoms with Crippen LogP contribution < -0.4 is 5.32 Å². The molecule has 0 aliphatic rings. The Morgan fingerprint density at radius 2 is 1.58 bits per heavy atom. The first-order valence-corrected chi connectivity index (χ1v) is 7.16. The number of hydrogen-bond acceptors (Lipinski definition) is 1. The Kier molecular flexibility index (Phi) is 6.67. The lowest BCUT2D eigenvalue weighted by Gasteiger charge is -2.30. The van der Waals surface area contributed by atoms with E-state index in [2.05, 4.69) is 39.9 Å². The average molecular weight is 275 g/mol. The van der Waals surface area contributed by atoms with Crippen LogP contribution in [-0.4, -0.2) is 18.0 Å². The molecular weight excluding hydrogens is 244 g/mol. The maximum atomic E-state index is 13.4. The monoisotopic (exact) mass is 275 g/mol. The molecule has 0 spiro atoms. The molecule has 0 unspecified atom stereocenters. The van der Waals surface area contributed by atoms with Gasteiger partial charge in [0.25, 0.3) is 5.92 Å². The third-order valence-electron chi connectivity index (χ3n) is 3.19. The zero-order valence-electron chi connectivity index (χ0n) is 13.6. The second-order valence-corrected chi connectivity index (χ2v) is 7.54. The summed E-state index contributed by atoms with van der Waals surface area (Å²) in [5, 5.41) is 3.47. The molecule has 0 saturated carbocycles. The first-order chi connectivity index (χ1) is 8.36. The second-order valence-electron chi connectivity index (χ2n) is 7.54. The molecule has 1 N–H and O–H groups in total. The van der Waals surface area contributed by atoms with Gasteiger partial charge < -0.3 is 5.32 Å². The molecule has 3 heteroatoms. The van der Waals surface area contributed by atoms with Crippen molar-refractivity contribution in [3.63, 3.8) is 0 Å². The zero-order chi connectivity index (χ0) is 15.3. The topological polar surface area (TPSA) is 12.0 Å². The molecule has 0 fully saturated rings. The second kappa shape index (κ2) is 6.83. The van der Waals surface area contributed by atoms with E-state index < -0.39 is 11.8 Å². The van der Waals surface area contributed by atoms with Crippen LogP contribution in [0.5, 0.6) is 0 Å². The zero-order valence-corrected chi connectivity index (χ0v) is 13.6. The Balaban J connectivity index is 4.15. The summed E-state index contributed by atoms with van der Waals surface area (Å²) in [5.41, 5.74) is 0.211. The third kappa shape index (κ3) is 9.15. The van der Waals surface area contributed by atoms with Crippen LogP contribution in [0, 0.1) is 11.3 Å². The first-order valence-electron chi connectivity index (χ1n) is 7.16. The van der Waals surface area contributed by atoms with Gasteiger partial charge in [0.2, 0.25) is 0 Å². The van der Waals surface area contributed by atoms with Gasteiger partial charge in [-0.05, 0) is 45.1 Å². The van der Waals surface area contributed by atoms with Crippen LogP contribution in [0.1, 0.15) is 61.3 Å². The van der Waals surface area contributed by atoms with E-state index >= 15 is 0 Å². The van der Waals surface area contributed by atoms with E-state index in [4.69, 9.17) is 0 Å². The fourth-order valence-electron chi connectivity index (χ4n) is 1.50. The summed E-state index contributed by atoms with van der Waals surface area (Å²) >= 11 is 0. The first kappa shape index (κ1) is 18.6. The Morgan fingerprint density at radius 1 is 1.05 bits per heavy atom. The summed E-state index contributed by atoms with van der Waals surface area (Å²) in [6, 6.07) is 0. The molecule has 0 aromatic heterocycles. The fourth-order valence-corrected chi connectivity index (χ4v) is 1.50. The molecular formula is C16H31F2N. The molecule has 0 saturated heterocycles. The van der Waals surface area contributed by atoms with Gasteiger partial charge in [-0.2, -0.15) is 0 Å². The van der Waals surface area contributed by atoms with E-state index in [0.29, 0.717) is 6.42 Å². The normalized spacial score (nSPS) is 14.6. The highest BCUT2D eigenvalue weighted by Gasteiger charge is 2.29. The fraction of sp³-hybridized carbons (Fsp3) is 0.875. The molecule has 0 atom stereocenters. The quantitative estimate of drug-likeness (QED) is 0.643. The summed E-state index contributed by atoms with van der Waals surface area (Å²) < 4.78 is 26.7. The maximum absolute atomic E-state index is 13.4.